The quantitative estimate of drug-likeness (QED) is 0.727. The van der Waals surface area contributed by atoms with Gasteiger partial charge in [-0.1, -0.05) is 6.07 Å². The number of esters is 1. The van der Waals surface area contributed by atoms with Gasteiger partial charge in [-0.25, -0.2) is 4.79 Å². The molecule has 0 saturated heterocycles. The van der Waals surface area contributed by atoms with Gasteiger partial charge in [0, 0.05) is 6.54 Å². The first kappa shape index (κ1) is 17.3. The van der Waals surface area contributed by atoms with Crippen molar-refractivity contribution in [3.05, 3.63) is 23.8 Å². The number of rotatable bonds is 8. The lowest BCUT2D eigenvalue weighted by molar-refractivity contribution is -0.144. The van der Waals surface area contributed by atoms with Gasteiger partial charge in [-0.05, 0) is 38.7 Å². The van der Waals surface area contributed by atoms with E-state index in [0.29, 0.717) is 30.3 Å². The summed E-state index contributed by atoms with van der Waals surface area (Å²) in [6.45, 7) is 3.39. The highest BCUT2D eigenvalue weighted by molar-refractivity contribution is 5.77. The van der Waals surface area contributed by atoms with Crippen molar-refractivity contribution in [1.29, 1.82) is 0 Å². The molecule has 1 rings (SSSR count). The topological polar surface area (TPSA) is 74.0 Å². The van der Waals surface area contributed by atoms with Crippen molar-refractivity contribution < 1.29 is 19.0 Å². The maximum absolute atomic E-state index is 11.7. The number of carbonyl (C=O) groups is 1. The monoisotopic (exact) mass is 296 g/mol. The zero-order chi connectivity index (χ0) is 15.8. The fourth-order valence-corrected chi connectivity index (χ4v) is 1.70. The van der Waals surface area contributed by atoms with Gasteiger partial charge in [-0.2, -0.15) is 0 Å². The maximum Gasteiger partial charge on any atom is 0.327 e. The van der Waals surface area contributed by atoms with E-state index in [-0.39, 0.29) is 0 Å². The Morgan fingerprint density at radius 3 is 2.62 bits per heavy atom. The van der Waals surface area contributed by atoms with Crippen LogP contribution in [0.1, 0.15) is 18.5 Å². The van der Waals surface area contributed by atoms with Gasteiger partial charge in [0.25, 0.3) is 0 Å². The molecule has 0 spiro atoms. The van der Waals surface area contributed by atoms with Crippen LogP contribution >= 0.6 is 0 Å². The predicted octanol–water partition coefficient (Wildman–Crippen LogP) is 1.20. The van der Waals surface area contributed by atoms with Crippen molar-refractivity contribution in [2.45, 2.75) is 13.0 Å². The summed E-state index contributed by atoms with van der Waals surface area (Å²) >= 11 is 0. The second-order valence-electron chi connectivity index (χ2n) is 4.79. The molecule has 0 bridgehead atoms. The van der Waals surface area contributed by atoms with Crippen LogP contribution in [-0.4, -0.2) is 51.8 Å². The van der Waals surface area contributed by atoms with Crippen molar-refractivity contribution in [1.82, 2.24) is 4.90 Å². The molecule has 1 atom stereocenters. The molecule has 0 aliphatic carbocycles. The highest BCUT2D eigenvalue weighted by Gasteiger charge is 2.19. The van der Waals surface area contributed by atoms with Gasteiger partial charge in [0.05, 0.1) is 13.7 Å². The van der Waals surface area contributed by atoms with E-state index in [1.807, 2.05) is 19.0 Å². The van der Waals surface area contributed by atoms with Crippen LogP contribution in [0.4, 0.5) is 0 Å². The van der Waals surface area contributed by atoms with E-state index in [0.717, 1.165) is 6.54 Å². The van der Waals surface area contributed by atoms with Crippen molar-refractivity contribution in [3.63, 3.8) is 0 Å². The molecule has 0 radical (unpaired) electrons. The third-order valence-electron chi connectivity index (χ3n) is 2.88. The van der Waals surface area contributed by atoms with Crippen LogP contribution in [0.2, 0.25) is 0 Å². The number of carbonyl (C=O) groups excluding carboxylic acids is 1. The minimum atomic E-state index is -0.824. The number of likely N-dealkylation sites (N-methyl/N-ethyl adjacent to an activating group) is 1. The number of methoxy groups -OCH3 is 1. The molecule has 0 saturated carbocycles. The highest BCUT2D eigenvalue weighted by Crippen LogP contribution is 2.30. The summed E-state index contributed by atoms with van der Waals surface area (Å²) in [5.41, 5.74) is 6.49. The van der Waals surface area contributed by atoms with Gasteiger partial charge in [0.15, 0.2) is 11.5 Å². The van der Waals surface area contributed by atoms with Gasteiger partial charge in [-0.15, -0.1) is 0 Å². The van der Waals surface area contributed by atoms with Crippen LogP contribution in [0.25, 0.3) is 0 Å². The lowest BCUT2D eigenvalue weighted by Crippen LogP contribution is -2.23. The minimum Gasteiger partial charge on any atom is -0.493 e. The average molecular weight is 296 g/mol. The maximum atomic E-state index is 11.7. The molecule has 0 amide bonds. The summed E-state index contributed by atoms with van der Waals surface area (Å²) < 4.78 is 15.9. The number of hydrogen-bond acceptors (Lipinski definition) is 6. The fourth-order valence-electron chi connectivity index (χ4n) is 1.70. The smallest absolute Gasteiger partial charge is 0.327 e. The lowest BCUT2D eigenvalue weighted by atomic mass is 10.1. The number of nitrogens with two attached hydrogens (primary N) is 1. The predicted molar refractivity (Wildman–Crippen MR) is 80.6 cm³/mol. The molecule has 21 heavy (non-hydrogen) atoms. The van der Waals surface area contributed by atoms with E-state index in [9.17, 15) is 4.79 Å². The van der Waals surface area contributed by atoms with Crippen LogP contribution < -0.4 is 15.2 Å². The molecule has 6 nitrogen and oxygen atoms in total. The first-order valence-electron chi connectivity index (χ1n) is 6.87. The van der Waals surface area contributed by atoms with E-state index in [1.165, 1.54) is 0 Å². The number of hydrogen-bond donors (Lipinski definition) is 1. The number of nitrogens with zero attached hydrogens (tertiary/aromatic N) is 1. The van der Waals surface area contributed by atoms with Crippen LogP contribution in [0, 0.1) is 0 Å². The highest BCUT2D eigenvalue weighted by atomic mass is 16.5. The molecule has 0 aromatic heterocycles. The molecule has 118 valence electrons. The zero-order valence-electron chi connectivity index (χ0n) is 13.1. The summed E-state index contributed by atoms with van der Waals surface area (Å²) in [6, 6.07) is 4.37. The third kappa shape index (κ3) is 5.24. The Hall–Kier alpha value is -1.79. The molecule has 0 fully saturated rings. The van der Waals surface area contributed by atoms with E-state index >= 15 is 0 Å². The first-order valence-corrected chi connectivity index (χ1v) is 6.87. The van der Waals surface area contributed by atoms with Gasteiger partial charge in [-0.3, -0.25) is 0 Å². The minimum absolute atomic E-state index is 0.301. The second-order valence-corrected chi connectivity index (χ2v) is 4.79. The Bertz CT molecular complexity index is 463. The van der Waals surface area contributed by atoms with Gasteiger partial charge in [0.2, 0.25) is 0 Å². The van der Waals surface area contributed by atoms with Crippen LogP contribution in [0.3, 0.4) is 0 Å². The average Bonchev–Trinajstić information content (AvgIpc) is 2.46. The summed E-state index contributed by atoms with van der Waals surface area (Å²) in [5, 5.41) is 0. The number of benzene rings is 1. The van der Waals surface area contributed by atoms with Gasteiger partial charge >= 0.3 is 5.97 Å². The Morgan fingerprint density at radius 2 is 2.05 bits per heavy atom. The molecular weight excluding hydrogens is 272 g/mol. The Labute approximate surface area is 125 Å². The molecule has 1 aromatic carbocycles. The lowest BCUT2D eigenvalue weighted by Gasteiger charge is -2.16. The molecule has 6 heteroatoms. The molecule has 2 N–H and O–H groups in total. The standard InChI is InChI=1S/C15H24N2O4/c1-5-20-15(18)14(16)11-6-7-12(13(10-11)19-4)21-9-8-17(2)3/h6-7,10,14H,5,8-9,16H2,1-4H3. The zero-order valence-corrected chi connectivity index (χ0v) is 13.1. The Kier molecular flexibility index (Phi) is 6.98. The van der Waals surface area contributed by atoms with E-state index in [2.05, 4.69) is 0 Å². The Morgan fingerprint density at radius 1 is 1.33 bits per heavy atom. The Balaban J connectivity index is 2.80. The van der Waals surface area contributed by atoms with E-state index < -0.39 is 12.0 Å². The molecule has 0 aliphatic rings. The fraction of sp³-hybridized carbons (Fsp3) is 0.533. The SMILES string of the molecule is CCOC(=O)C(N)c1ccc(OCCN(C)C)c(OC)c1. The summed E-state index contributed by atoms with van der Waals surface area (Å²) in [5.74, 6) is 0.714. The van der Waals surface area contributed by atoms with Crippen LogP contribution in [-0.2, 0) is 9.53 Å². The van der Waals surface area contributed by atoms with Crippen LogP contribution in [0.15, 0.2) is 18.2 Å². The third-order valence-corrected chi connectivity index (χ3v) is 2.88. The normalized spacial score (nSPS) is 12.1. The molecular formula is C15H24N2O4. The summed E-state index contributed by atoms with van der Waals surface area (Å²) in [7, 11) is 5.50. The largest absolute Gasteiger partial charge is 0.493 e. The molecule has 0 heterocycles. The summed E-state index contributed by atoms with van der Waals surface area (Å²) in [4.78, 5) is 13.7. The van der Waals surface area contributed by atoms with Crippen LogP contribution in [0.5, 0.6) is 11.5 Å². The summed E-state index contributed by atoms with van der Waals surface area (Å²) in [6.07, 6.45) is 0. The number of ether oxygens (including phenoxy) is 3. The van der Waals surface area contributed by atoms with Crippen molar-refractivity contribution in [3.8, 4) is 11.5 Å². The first-order chi connectivity index (χ1) is 9.99. The van der Waals surface area contributed by atoms with Gasteiger partial charge in [0.1, 0.15) is 12.6 Å². The second kappa shape index (κ2) is 8.49. The molecule has 0 aliphatic heterocycles. The molecule has 1 unspecified atom stereocenters. The van der Waals surface area contributed by atoms with Crippen molar-refractivity contribution in [2.24, 2.45) is 5.73 Å². The van der Waals surface area contributed by atoms with Gasteiger partial charge < -0.3 is 24.8 Å². The van der Waals surface area contributed by atoms with Crippen molar-refractivity contribution >= 4 is 5.97 Å². The van der Waals surface area contributed by atoms with E-state index in [1.54, 1.807) is 32.2 Å². The molecule has 1 aromatic rings. The van der Waals surface area contributed by atoms with Crippen molar-refractivity contribution in [2.75, 3.05) is 41.0 Å². The van der Waals surface area contributed by atoms with E-state index in [4.69, 9.17) is 19.9 Å².